The lowest BCUT2D eigenvalue weighted by Gasteiger charge is -2.25. The van der Waals surface area contributed by atoms with Crippen LogP contribution in [0.5, 0.6) is 0 Å². The normalized spacial score (nSPS) is 10.8. The molecule has 2 rings (SSSR count). The Balaban J connectivity index is 2.16. The van der Waals surface area contributed by atoms with Crippen LogP contribution >= 0.6 is 0 Å². The van der Waals surface area contributed by atoms with Gasteiger partial charge in [-0.05, 0) is 17.5 Å². The SMILES string of the molecule is COCCCN(CCO)C(=O)CC(c1ccccc1)c1ccccc1. The molecule has 134 valence electrons. The summed E-state index contributed by atoms with van der Waals surface area (Å²) in [5.41, 5.74) is 2.26. The van der Waals surface area contributed by atoms with Gasteiger partial charge in [-0.1, -0.05) is 60.7 Å². The van der Waals surface area contributed by atoms with E-state index < -0.39 is 0 Å². The lowest BCUT2D eigenvalue weighted by atomic mass is 9.88. The molecule has 2 aromatic rings. The van der Waals surface area contributed by atoms with E-state index in [9.17, 15) is 9.90 Å². The van der Waals surface area contributed by atoms with Crippen molar-refractivity contribution < 1.29 is 14.6 Å². The highest BCUT2D eigenvalue weighted by Crippen LogP contribution is 2.28. The van der Waals surface area contributed by atoms with E-state index in [0.29, 0.717) is 26.1 Å². The highest BCUT2D eigenvalue weighted by molar-refractivity contribution is 5.77. The van der Waals surface area contributed by atoms with E-state index >= 15 is 0 Å². The molecular weight excluding hydrogens is 314 g/mol. The second-order valence-corrected chi connectivity index (χ2v) is 6.03. The summed E-state index contributed by atoms with van der Waals surface area (Å²) in [5, 5.41) is 9.29. The number of amides is 1. The zero-order valence-corrected chi connectivity index (χ0v) is 14.8. The number of rotatable bonds is 10. The standard InChI is InChI=1S/C21H27NO3/c1-25-16-8-13-22(14-15-23)21(24)17-20(18-9-4-2-5-10-18)19-11-6-3-7-12-19/h2-7,9-12,20,23H,8,13-17H2,1H3. The van der Waals surface area contributed by atoms with Gasteiger partial charge in [0.05, 0.1) is 6.61 Å². The minimum Gasteiger partial charge on any atom is -0.395 e. The molecule has 0 unspecified atom stereocenters. The predicted molar refractivity (Wildman–Crippen MR) is 99.5 cm³/mol. The van der Waals surface area contributed by atoms with Gasteiger partial charge in [0.1, 0.15) is 0 Å². The van der Waals surface area contributed by atoms with Crippen LogP contribution in [0.15, 0.2) is 60.7 Å². The molecule has 0 fully saturated rings. The third-order valence-corrected chi connectivity index (χ3v) is 4.28. The summed E-state index contributed by atoms with van der Waals surface area (Å²) in [6.45, 7) is 1.54. The van der Waals surface area contributed by atoms with Gasteiger partial charge in [0.15, 0.2) is 0 Å². The Morgan fingerprint density at radius 1 is 1.00 bits per heavy atom. The average Bonchev–Trinajstić information content (AvgIpc) is 2.67. The van der Waals surface area contributed by atoms with Crippen molar-refractivity contribution in [2.24, 2.45) is 0 Å². The molecule has 1 amide bonds. The lowest BCUT2D eigenvalue weighted by molar-refractivity contribution is -0.132. The van der Waals surface area contributed by atoms with E-state index in [1.54, 1.807) is 12.0 Å². The number of methoxy groups -OCH3 is 1. The van der Waals surface area contributed by atoms with Gasteiger partial charge >= 0.3 is 0 Å². The van der Waals surface area contributed by atoms with Crippen molar-refractivity contribution >= 4 is 5.91 Å². The molecule has 1 N–H and O–H groups in total. The van der Waals surface area contributed by atoms with E-state index in [2.05, 4.69) is 24.3 Å². The first-order valence-corrected chi connectivity index (χ1v) is 8.73. The van der Waals surface area contributed by atoms with Gasteiger partial charge in [-0.15, -0.1) is 0 Å². The molecule has 0 aliphatic heterocycles. The van der Waals surface area contributed by atoms with Gasteiger partial charge in [-0.25, -0.2) is 0 Å². The number of carbonyl (C=O) groups excluding carboxylic acids is 1. The van der Waals surface area contributed by atoms with E-state index in [1.165, 1.54) is 0 Å². The van der Waals surface area contributed by atoms with Crippen LogP contribution in [0.25, 0.3) is 0 Å². The van der Waals surface area contributed by atoms with Crippen molar-refractivity contribution in [2.75, 3.05) is 33.4 Å². The minimum absolute atomic E-state index is 0.0125. The molecule has 0 saturated heterocycles. The number of aliphatic hydroxyl groups is 1. The third-order valence-electron chi connectivity index (χ3n) is 4.28. The molecule has 0 saturated carbocycles. The molecule has 25 heavy (non-hydrogen) atoms. The van der Waals surface area contributed by atoms with Gasteiger partial charge in [-0.2, -0.15) is 0 Å². The number of ether oxygens (including phenoxy) is 1. The maximum Gasteiger partial charge on any atom is 0.223 e. The Labute approximate surface area is 150 Å². The number of nitrogens with zero attached hydrogens (tertiary/aromatic N) is 1. The fraction of sp³-hybridized carbons (Fsp3) is 0.381. The van der Waals surface area contributed by atoms with Crippen LogP contribution in [0.4, 0.5) is 0 Å². The zero-order valence-electron chi connectivity index (χ0n) is 14.8. The van der Waals surface area contributed by atoms with Gasteiger partial charge in [-0.3, -0.25) is 4.79 Å². The second kappa shape index (κ2) is 10.6. The molecule has 4 heteroatoms. The van der Waals surface area contributed by atoms with Crippen LogP contribution in [0.1, 0.15) is 29.9 Å². The van der Waals surface area contributed by atoms with Gasteiger partial charge in [0.2, 0.25) is 5.91 Å². The number of benzene rings is 2. The van der Waals surface area contributed by atoms with Crippen LogP contribution in [-0.2, 0) is 9.53 Å². The largest absolute Gasteiger partial charge is 0.395 e. The maximum atomic E-state index is 12.9. The summed E-state index contributed by atoms with van der Waals surface area (Å²) in [6.07, 6.45) is 1.16. The van der Waals surface area contributed by atoms with E-state index in [0.717, 1.165) is 17.5 Å². The minimum atomic E-state index is -0.0277. The molecule has 0 spiro atoms. The molecule has 0 heterocycles. The molecule has 0 aliphatic carbocycles. The Hall–Kier alpha value is -2.17. The first-order chi connectivity index (χ1) is 12.3. The van der Waals surface area contributed by atoms with E-state index in [4.69, 9.17) is 4.74 Å². The summed E-state index contributed by atoms with van der Waals surface area (Å²) in [7, 11) is 1.65. The fourth-order valence-electron chi connectivity index (χ4n) is 2.98. The van der Waals surface area contributed by atoms with Crippen LogP contribution in [0.3, 0.4) is 0 Å². The number of hydrogen-bond donors (Lipinski definition) is 1. The molecule has 0 aromatic heterocycles. The first-order valence-electron chi connectivity index (χ1n) is 8.73. The van der Waals surface area contributed by atoms with Crippen molar-refractivity contribution in [1.29, 1.82) is 0 Å². The van der Waals surface area contributed by atoms with Crippen molar-refractivity contribution in [3.8, 4) is 0 Å². The lowest BCUT2D eigenvalue weighted by Crippen LogP contribution is -2.35. The number of hydrogen-bond acceptors (Lipinski definition) is 3. The van der Waals surface area contributed by atoms with Gasteiger partial charge in [0, 0.05) is 39.1 Å². The van der Waals surface area contributed by atoms with Crippen LogP contribution in [0, 0.1) is 0 Å². The average molecular weight is 341 g/mol. The Bertz CT molecular complexity index is 576. The summed E-state index contributed by atoms with van der Waals surface area (Å²) >= 11 is 0. The number of carbonyl (C=O) groups is 1. The molecule has 0 radical (unpaired) electrons. The van der Waals surface area contributed by atoms with Crippen molar-refractivity contribution in [3.63, 3.8) is 0 Å². The summed E-state index contributed by atoms with van der Waals surface area (Å²) in [5.74, 6) is 0.0707. The van der Waals surface area contributed by atoms with E-state index in [-0.39, 0.29) is 18.4 Å². The second-order valence-electron chi connectivity index (χ2n) is 6.03. The number of aliphatic hydroxyl groups excluding tert-OH is 1. The quantitative estimate of drug-likeness (QED) is 0.676. The Morgan fingerprint density at radius 3 is 2.04 bits per heavy atom. The van der Waals surface area contributed by atoms with Crippen LogP contribution in [-0.4, -0.2) is 49.3 Å². The zero-order chi connectivity index (χ0) is 17.9. The smallest absolute Gasteiger partial charge is 0.223 e. The topological polar surface area (TPSA) is 49.8 Å². The highest BCUT2D eigenvalue weighted by atomic mass is 16.5. The fourth-order valence-corrected chi connectivity index (χ4v) is 2.98. The highest BCUT2D eigenvalue weighted by Gasteiger charge is 2.21. The van der Waals surface area contributed by atoms with Crippen LogP contribution in [0.2, 0.25) is 0 Å². The van der Waals surface area contributed by atoms with Crippen molar-refractivity contribution in [1.82, 2.24) is 4.90 Å². The molecule has 0 aliphatic rings. The Kier molecular flexibility index (Phi) is 8.16. The summed E-state index contributed by atoms with van der Waals surface area (Å²) in [4.78, 5) is 14.6. The molecular formula is C21H27NO3. The summed E-state index contributed by atoms with van der Waals surface area (Å²) in [6, 6.07) is 20.2. The third kappa shape index (κ3) is 6.00. The van der Waals surface area contributed by atoms with Crippen molar-refractivity contribution in [3.05, 3.63) is 71.8 Å². The van der Waals surface area contributed by atoms with Crippen molar-refractivity contribution in [2.45, 2.75) is 18.8 Å². The van der Waals surface area contributed by atoms with E-state index in [1.807, 2.05) is 36.4 Å². The predicted octanol–water partition coefficient (Wildman–Crippen LogP) is 3.07. The van der Waals surface area contributed by atoms with Gasteiger partial charge in [0.25, 0.3) is 0 Å². The molecule has 2 aromatic carbocycles. The molecule has 0 atom stereocenters. The molecule has 0 bridgehead atoms. The first kappa shape index (κ1) is 19.2. The summed E-state index contributed by atoms with van der Waals surface area (Å²) < 4.78 is 5.07. The maximum absolute atomic E-state index is 12.9. The van der Waals surface area contributed by atoms with Crippen LogP contribution < -0.4 is 0 Å². The molecule has 4 nitrogen and oxygen atoms in total. The Morgan fingerprint density at radius 2 is 1.56 bits per heavy atom. The monoisotopic (exact) mass is 341 g/mol. The van der Waals surface area contributed by atoms with Gasteiger partial charge < -0.3 is 14.7 Å².